The highest BCUT2D eigenvalue weighted by Gasteiger charge is 2.33. The molecule has 11 heteroatoms. The third-order valence-corrected chi connectivity index (χ3v) is 7.41. The maximum atomic E-state index is 14.7. The number of halogens is 3. The van der Waals surface area contributed by atoms with E-state index in [9.17, 15) is 31.2 Å². The van der Waals surface area contributed by atoms with E-state index in [-0.39, 0.29) is 24.2 Å². The molecule has 0 saturated heterocycles. The molecule has 0 saturated carbocycles. The number of unbranched alkanes of at least 4 members (excludes halogenated alkanes) is 1. The summed E-state index contributed by atoms with van der Waals surface area (Å²) in [6.07, 6.45) is 2.41. The van der Waals surface area contributed by atoms with Crippen molar-refractivity contribution in [2.45, 2.75) is 38.8 Å². The fourth-order valence-electron chi connectivity index (χ4n) is 4.12. The number of carbonyl (C=O) groups is 2. The first-order valence-electron chi connectivity index (χ1n) is 12.8. The maximum absolute atomic E-state index is 14.7. The molecule has 2 amide bonds. The summed E-state index contributed by atoms with van der Waals surface area (Å²) >= 11 is 0. The van der Waals surface area contributed by atoms with E-state index in [4.69, 9.17) is 0 Å². The van der Waals surface area contributed by atoms with Gasteiger partial charge in [0.05, 0.1) is 11.9 Å². The van der Waals surface area contributed by atoms with Gasteiger partial charge in [-0.05, 0) is 30.2 Å². The predicted octanol–water partition coefficient (Wildman–Crippen LogP) is 4.43. The lowest BCUT2D eigenvalue weighted by Gasteiger charge is -2.33. The van der Waals surface area contributed by atoms with Crippen LogP contribution in [-0.2, 0) is 32.6 Å². The first-order valence-corrected chi connectivity index (χ1v) is 14.6. The molecule has 0 radical (unpaired) electrons. The van der Waals surface area contributed by atoms with Crippen LogP contribution in [0.1, 0.15) is 30.9 Å². The van der Waals surface area contributed by atoms with Crippen LogP contribution < -0.4 is 9.62 Å². The lowest BCUT2D eigenvalue weighted by molar-refractivity contribution is -0.140. The van der Waals surface area contributed by atoms with Crippen molar-refractivity contribution in [2.75, 3.05) is 23.7 Å². The van der Waals surface area contributed by atoms with Crippen molar-refractivity contribution < 1.29 is 31.2 Å². The summed E-state index contributed by atoms with van der Waals surface area (Å²) in [4.78, 5) is 28.4. The van der Waals surface area contributed by atoms with E-state index in [0.29, 0.717) is 23.3 Å². The van der Waals surface area contributed by atoms with Gasteiger partial charge in [0.1, 0.15) is 18.4 Å². The van der Waals surface area contributed by atoms with Crippen LogP contribution in [0.15, 0.2) is 72.8 Å². The lowest BCUT2D eigenvalue weighted by Crippen LogP contribution is -2.53. The molecule has 40 heavy (non-hydrogen) atoms. The smallest absolute Gasteiger partial charge is 0.244 e. The molecule has 214 valence electrons. The number of hydrogen-bond donors (Lipinski definition) is 1. The van der Waals surface area contributed by atoms with Gasteiger partial charge in [-0.2, -0.15) is 0 Å². The quantitative estimate of drug-likeness (QED) is 0.306. The number of nitrogens with zero attached hydrogens (tertiary/aromatic N) is 2. The zero-order chi connectivity index (χ0) is 29.3. The second-order valence-corrected chi connectivity index (χ2v) is 11.2. The summed E-state index contributed by atoms with van der Waals surface area (Å²) in [6.45, 7) is 1.15. The van der Waals surface area contributed by atoms with Gasteiger partial charge in [0, 0.05) is 31.1 Å². The van der Waals surface area contributed by atoms with Crippen molar-refractivity contribution in [3.8, 4) is 0 Å². The Labute approximate surface area is 232 Å². The molecular formula is C29H32F3N3O4S. The van der Waals surface area contributed by atoms with E-state index in [2.05, 4.69) is 5.32 Å². The number of anilines is 1. The van der Waals surface area contributed by atoms with E-state index in [1.807, 2.05) is 6.92 Å². The third kappa shape index (κ3) is 8.32. The third-order valence-electron chi connectivity index (χ3n) is 6.27. The lowest BCUT2D eigenvalue weighted by atomic mass is 10.0. The number of amides is 2. The van der Waals surface area contributed by atoms with Crippen LogP contribution in [0, 0.1) is 17.5 Å². The molecule has 3 rings (SSSR count). The topological polar surface area (TPSA) is 86.8 Å². The van der Waals surface area contributed by atoms with Crippen LogP contribution in [0.2, 0.25) is 0 Å². The zero-order valence-electron chi connectivity index (χ0n) is 22.3. The van der Waals surface area contributed by atoms with Gasteiger partial charge in [-0.25, -0.2) is 21.6 Å². The summed E-state index contributed by atoms with van der Waals surface area (Å²) < 4.78 is 68.2. The molecule has 1 N–H and O–H groups in total. The minimum Gasteiger partial charge on any atom is -0.354 e. The Morgan fingerprint density at radius 1 is 0.900 bits per heavy atom. The van der Waals surface area contributed by atoms with Crippen molar-refractivity contribution in [3.05, 3.63) is 101 Å². The van der Waals surface area contributed by atoms with Gasteiger partial charge in [0.15, 0.2) is 11.6 Å². The Bertz CT molecular complexity index is 1420. The monoisotopic (exact) mass is 575 g/mol. The molecule has 0 heterocycles. The van der Waals surface area contributed by atoms with Gasteiger partial charge in [-0.3, -0.25) is 13.9 Å². The van der Waals surface area contributed by atoms with Gasteiger partial charge < -0.3 is 10.2 Å². The highest BCUT2D eigenvalue weighted by Crippen LogP contribution is 2.23. The molecule has 1 atom stereocenters. The fourth-order valence-corrected chi connectivity index (χ4v) is 4.97. The van der Waals surface area contributed by atoms with Crippen molar-refractivity contribution in [1.29, 1.82) is 0 Å². The molecule has 0 aliphatic heterocycles. The van der Waals surface area contributed by atoms with Crippen LogP contribution in [0.3, 0.4) is 0 Å². The van der Waals surface area contributed by atoms with E-state index < -0.39 is 51.9 Å². The van der Waals surface area contributed by atoms with Crippen LogP contribution >= 0.6 is 0 Å². The van der Waals surface area contributed by atoms with Crippen molar-refractivity contribution in [1.82, 2.24) is 10.2 Å². The summed E-state index contributed by atoms with van der Waals surface area (Å²) in [5, 5.41) is 2.82. The van der Waals surface area contributed by atoms with E-state index in [0.717, 1.165) is 35.3 Å². The highest BCUT2D eigenvalue weighted by atomic mass is 32.2. The van der Waals surface area contributed by atoms with Gasteiger partial charge in [-0.15, -0.1) is 0 Å². The average molecular weight is 576 g/mol. The molecule has 0 aromatic heterocycles. The van der Waals surface area contributed by atoms with E-state index in [1.54, 1.807) is 36.4 Å². The number of nitrogens with one attached hydrogen (secondary N) is 1. The molecule has 0 spiro atoms. The Kier molecular flexibility index (Phi) is 10.7. The number of rotatable bonds is 13. The summed E-state index contributed by atoms with van der Waals surface area (Å²) in [7, 11) is -4.16. The van der Waals surface area contributed by atoms with Gasteiger partial charge >= 0.3 is 0 Å². The molecule has 0 aliphatic rings. The predicted molar refractivity (Wildman–Crippen MR) is 147 cm³/mol. The fraction of sp³-hybridized carbons (Fsp3) is 0.310. The standard InChI is InChI=1S/C29H32F3N3O4S/c1-3-4-16-33-29(37)27(17-21-10-6-5-7-11-21)34(19-22-12-8-9-13-24(22)30)28(36)20-35(40(2,38)39)23-14-15-25(31)26(32)18-23/h5-15,18,27H,3-4,16-17,19-20H2,1-2H3,(H,33,37). The molecule has 0 aliphatic carbocycles. The highest BCUT2D eigenvalue weighted by molar-refractivity contribution is 7.92. The maximum Gasteiger partial charge on any atom is 0.244 e. The number of hydrogen-bond acceptors (Lipinski definition) is 4. The summed E-state index contributed by atoms with van der Waals surface area (Å²) in [6, 6.07) is 16.0. The zero-order valence-corrected chi connectivity index (χ0v) is 23.1. The van der Waals surface area contributed by atoms with Crippen molar-refractivity contribution >= 4 is 27.5 Å². The van der Waals surface area contributed by atoms with Gasteiger partial charge in [0.25, 0.3) is 0 Å². The summed E-state index contributed by atoms with van der Waals surface area (Å²) in [5.74, 6) is -4.40. The van der Waals surface area contributed by atoms with Crippen molar-refractivity contribution in [3.63, 3.8) is 0 Å². The number of carbonyl (C=O) groups excluding carboxylic acids is 2. The minimum absolute atomic E-state index is 0.0725. The number of sulfonamides is 1. The number of benzene rings is 3. The van der Waals surface area contributed by atoms with Crippen LogP contribution in [0.5, 0.6) is 0 Å². The van der Waals surface area contributed by atoms with E-state index >= 15 is 0 Å². The molecule has 7 nitrogen and oxygen atoms in total. The van der Waals surface area contributed by atoms with Crippen molar-refractivity contribution in [2.24, 2.45) is 0 Å². The average Bonchev–Trinajstić information content (AvgIpc) is 2.91. The second-order valence-electron chi connectivity index (χ2n) is 9.33. The molecule has 3 aromatic rings. The van der Waals surface area contributed by atoms with Crippen LogP contribution in [0.4, 0.5) is 18.9 Å². The Hall–Kier alpha value is -3.86. The van der Waals surface area contributed by atoms with E-state index in [1.165, 1.54) is 18.2 Å². The first kappa shape index (κ1) is 30.7. The van der Waals surface area contributed by atoms with Gasteiger partial charge in [-0.1, -0.05) is 61.9 Å². The first-order chi connectivity index (χ1) is 19.0. The normalized spacial score (nSPS) is 12.0. The Morgan fingerprint density at radius 2 is 1.57 bits per heavy atom. The minimum atomic E-state index is -4.16. The molecule has 0 fully saturated rings. The Morgan fingerprint density at radius 3 is 2.20 bits per heavy atom. The largest absolute Gasteiger partial charge is 0.354 e. The van der Waals surface area contributed by atoms with Gasteiger partial charge in [0.2, 0.25) is 21.8 Å². The summed E-state index contributed by atoms with van der Waals surface area (Å²) in [5.41, 5.74) is 0.576. The molecule has 3 aromatic carbocycles. The molecule has 0 bridgehead atoms. The van der Waals surface area contributed by atoms with Crippen LogP contribution in [0.25, 0.3) is 0 Å². The molecular weight excluding hydrogens is 543 g/mol. The SMILES string of the molecule is CCCCNC(=O)C(Cc1ccccc1)N(Cc1ccccc1F)C(=O)CN(c1ccc(F)c(F)c1)S(C)(=O)=O. The second kappa shape index (κ2) is 14.0. The van der Waals surface area contributed by atoms with Crippen LogP contribution in [-0.4, -0.2) is 50.5 Å². The molecule has 1 unspecified atom stereocenters. The Balaban J connectivity index is 2.05.